The summed E-state index contributed by atoms with van der Waals surface area (Å²) in [5.41, 5.74) is 0. The molecule has 0 aromatic carbocycles. The molecule has 1 saturated carbocycles. The predicted molar refractivity (Wildman–Crippen MR) is 63.0 cm³/mol. The van der Waals surface area contributed by atoms with Crippen LogP contribution in [0.2, 0.25) is 0 Å². The zero-order valence-corrected chi connectivity index (χ0v) is 10.2. The van der Waals surface area contributed by atoms with E-state index in [9.17, 15) is 0 Å². The van der Waals surface area contributed by atoms with Crippen LogP contribution < -0.4 is 5.32 Å². The van der Waals surface area contributed by atoms with Crippen molar-refractivity contribution < 1.29 is 0 Å². The predicted octanol–water partition coefficient (Wildman–Crippen LogP) is 1.94. The summed E-state index contributed by atoms with van der Waals surface area (Å²) in [5.74, 6) is 0.830. The van der Waals surface area contributed by atoms with Crippen LogP contribution in [0.25, 0.3) is 0 Å². The van der Waals surface area contributed by atoms with Gasteiger partial charge in [-0.2, -0.15) is 0 Å². The van der Waals surface area contributed by atoms with Gasteiger partial charge in [-0.05, 0) is 65.3 Å². The average Bonchev–Trinajstić information content (AvgIpc) is 2.50. The third kappa shape index (κ3) is 5.18. The summed E-state index contributed by atoms with van der Waals surface area (Å²) in [7, 11) is 4.24. The van der Waals surface area contributed by atoms with E-state index in [1.807, 2.05) is 0 Å². The molecule has 0 saturated heterocycles. The molecular weight excluding hydrogens is 196 g/mol. The normalized spacial score (nSPS) is 27.4. The summed E-state index contributed by atoms with van der Waals surface area (Å²) < 4.78 is 0. The molecule has 0 aliphatic heterocycles. The van der Waals surface area contributed by atoms with Gasteiger partial charge in [0.05, 0.1) is 0 Å². The quantitative estimate of drug-likeness (QED) is 0.542. The van der Waals surface area contributed by atoms with Gasteiger partial charge in [-0.15, -0.1) is 11.6 Å². The van der Waals surface area contributed by atoms with Crippen LogP contribution in [0.3, 0.4) is 0 Å². The lowest BCUT2D eigenvalue weighted by molar-refractivity contribution is 0.388. The van der Waals surface area contributed by atoms with E-state index >= 15 is 0 Å². The molecule has 1 aliphatic carbocycles. The summed E-state index contributed by atoms with van der Waals surface area (Å²) in [6.45, 7) is 3.48. The van der Waals surface area contributed by atoms with E-state index in [1.54, 1.807) is 0 Å². The first-order valence-corrected chi connectivity index (χ1v) is 6.11. The maximum atomic E-state index is 6.05. The number of hydrogen-bond donors (Lipinski definition) is 1. The summed E-state index contributed by atoms with van der Waals surface area (Å²) in [6, 6.07) is 0. The Hall–Kier alpha value is 0.210. The van der Waals surface area contributed by atoms with Crippen LogP contribution in [0.5, 0.6) is 0 Å². The summed E-state index contributed by atoms with van der Waals surface area (Å²) in [6.07, 6.45) is 4.98. The van der Waals surface area contributed by atoms with E-state index < -0.39 is 0 Å². The first-order chi connectivity index (χ1) is 6.68. The van der Waals surface area contributed by atoms with Crippen LogP contribution in [0.1, 0.15) is 25.7 Å². The van der Waals surface area contributed by atoms with Crippen LogP contribution in [0, 0.1) is 5.92 Å². The fourth-order valence-corrected chi connectivity index (χ4v) is 2.40. The fraction of sp³-hybridized carbons (Fsp3) is 1.00. The Morgan fingerprint density at radius 2 is 2.14 bits per heavy atom. The van der Waals surface area contributed by atoms with E-state index in [0.717, 1.165) is 19.0 Å². The van der Waals surface area contributed by atoms with Crippen LogP contribution in [0.15, 0.2) is 0 Å². The minimum Gasteiger partial charge on any atom is -0.316 e. The lowest BCUT2D eigenvalue weighted by Gasteiger charge is -2.12. The average molecular weight is 219 g/mol. The molecule has 0 radical (unpaired) electrons. The highest BCUT2D eigenvalue weighted by atomic mass is 35.5. The molecule has 1 fully saturated rings. The number of alkyl halides is 1. The van der Waals surface area contributed by atoms with E-state index in [2.05, 4.69) is 24.3 Å². The van der Waals surface area contributed by atoms with Crippen molar-refractivity contribution in [1.29, 1.82) is 0 Å². The van der Waals surface area contributed by atoms with Gasteiger partial charge in [0.15, 0.2) is 0 Å². The molecule has 2 unspecified atom stereocenters. The van der Waals surface area contributed by atoms with Crippen molar-refractivity contribution in [2.24, 2.45) is 5.92 Å². The topological polar surface area (TPSA) is 15.3 Å². The van der Waals surface area contributed by atoms with Crippen LogP contribution in [-0.2, 0) is 0 Å². The second kappa shape index (κ2) is 6.65. The standard InChI is InChI=1S/C11H23ClN2/c1-14(2)7-3-6-13-9-10-4-5-11(12)8-10/h10-11,13H,3-9H2,1-2H3. The maximum absolute atomic E-state index is 6.05. The van der Waals surface area contributed by atoms with Crippen LogP contribution in [0.4, 0.5) is 0 Å². The van der Waals surface area contributed by atoms with Crippen LogP contribution in [-0.4, -0.2) is 44.0 Å². The van der Waals surface area contributed by atoms with Crippen molar-refractivity contribution in [1.82, 2.24) is 10.2 Å². The number of nitrogens with one attached hydrogen (secondary N) is 1. The third-order valence-electron chi connectivity index (χ3n) is 2.87. The second-order valence-electron chi connectivity index (χ2n) is 4.64. The minimum absolute atomic E-state index is 0.448. The Kier molecular flexibility index (Phi) is 5.83. The molecule has 0 amide bonds. The Balaban J connectivity index is 1.89. The Morgan fingerprint density at radius 1 is 1.36 bits per heavy atom. The highest BCUT2D eigenvalue weighted by Crippen LogP contribution is 2.28. The fourth-order valence-electron chi connectivity index (χ4n) is 2.03. The highest BCUT2D eigenvalue weighted by Gasteiger charge is 2.21. The molecule has 1 N–H and O–H groups in total. The molecule has 3 heteroatoms. The monoisotopic (exact) mass is 218 g/mol. The lowest BCUT2D eigenvalue weighted by atomic mass is 10.1. The van der Waals surface area contributed by atoms with Crippen molar-refractivity contribution in [2.75, 3.05) is 33.7 Å². The Labute approximate surface area is 93.0 Å². The Bertz CT molecular complexity index is 150. The first kappa shape index (κ1) is 12.3. The largest absolute Gasteiger partial charge is 0.316 e. The molecule has 0 spiro atoms. The molecule has 1 rings (SSSR count). The van der Waals surface area contributed by atoms with Gasteiger partial charge in [0, 0.05) is 5.38 Å². The summed E-state index contributed by atoms with van der Waals surface area (Å²) in [5, 5.41) is 3.97. The zero-order chi connectivity index (χ0) is 10.4. The first-order valence-electron chi connectivity index (χ1n) is 5.68. The molecule has 0 heterocycles. The molecule has 0 aromatic heterocycles. The molecule has 0 aromatic rings. The number of nitrogens with zero attached hydrogens (tertiary/aromatic N) is 1. The minimum atomic E-state index is 0.448. The van der Waals surface area contributed by atoms with Crippen molar-refractivity contribution in [3.05, 3.63) is 0 Å². The van der Waals surface area contributed by atoms with E-state index in [0.29, 0.717) is 5.38 Å². The summed E-state index contributed by atoms with van der Waals surface area (Å²) in [4.78, 5) is 2.23. The van der Waals surface area contributed by atoms with Gasteiger partial charge in [-0.1, -0.05) is 0 Å². The van der Waals surface area contributed by atoms with Gasteiger partial charge >= 0.3 is 0 Å². The Morgan fingerprint density at radius 3 is 2.71 bits per heavy atom. The van der Waals surface area contributed by atoms with Gasteiger partial charge in [0.1, 0.15) is 0 Å². The number of rotatable bonds is 6. The third-order valence-corrected chi connectivity index (χ3v) is 3.27. The number of hydrogen-bond acceptors (Lipinski definition) is 2. The zero-order valence-electron chi connectivity index (χ0n) is 9.43. The van der Waals surface area contributed by atoms with Gasteiger partial charge in [0.25, 0.3) is 0 Å². The maximum Gasteiger partial charge on any atom is 0.0339 e. The molecule has 84 valence electrons. The van der Waals surface area contributed by atoms with Gasteiger partial charge in [0.2, 0.25) is 0 Å². The highest BCUT2D eigenvalue weighted by molar-refractivity contribution is 6.20. The van der Waals surface area contributed by atoms with Crippen molar-refractivity contribution >= 4 is 11.6 Å². The SMILES string of the molecule is CN(C)CCCNCC1CCC(Cl)C1. The smallest absolute Gasteiger partial charge is 0.0339 e. The van der Waals surface area contributed by atoms with Gasteiger partial charge < -0.3 is 10.2 Å². The molecule has 0 bridgehead atoms. The second-order valence-corrected chi connectivity index (χ2v) is 5.25. The number of halogens is 1. The molecule has 14 heavy (non-hydrogen) atoms. The lowest BCUT2D eigenvalue weighted by Crippen LogP contribution is -2.25. The summed E-state index contributed by atoms with van der Waals surface area (Å²) >= 11 is 6.05. The van der Waals surface area contributed by atoms with Crippen molar-refractivity contribution in [3.63, 3.8) is 0 Å². The molecule has 2 nitrogen and oxygen atoms in total. The van der Waals surface area contributed by atoms with Crippen LogP contribution >= 0.6 is 11.6 Å². The molecule has 1 aliphatic rings. The van der Waals surface area contributed by atoms with Gasteiger partial charge in [-0.25, -0.2) is 0 Å². The van der Waals surface area contributed by atoms with Gasteiger partial charge in [-0.3, -0.25) is 0 Å². The van der Waals surface area contributed by atoms with Crippen molar-refractivity contribution in [2.45, 2.75) is 31.1 Å². The van der Waals surface area contributed by atoms with E-state index in [1.165, 1.54) is 32.2 Å². The van der Waals surface area contributed by atoms with E-state index in [-0.39, 0.29) is 0 Å². The van der Waals surface area contributed by atoms with E-state index in [4.69, 9.17) is 11.6 Å². The molecular formula is C11H23ClN2. The van der Waals surface area contributed by atoms with Crippen molar-refractivity contribution in [3.8, 4) is 0 Å². The molecule has 2 atom stereocenters.